The molecule has 2 nitrogen and oxygen atoms in total. The van der Waals surface area contributed by atoms with E-state index in [0.717, 1.165) is 18.2 Å². The first-order valence-corrected chi connectivity index (χ1v) is 8.31. The normalized spacial score (nSPS) is 20.9. The molecule has 0 bridgehead atoms. The van der Waals surface area contributed by atoms with Gasteiger partial charge in [0, 0.05) is 4.48 Å². The molecule has 1 radical (unpaired) electrons. The van der Waals surface area contributed by atoms with Gasteiger partial charge < -0.3 is 4.74 Å². The Morgan fingerprint density at radius 3 is 1.87 bits per heavy atom. The Morgan fingerprint density at radius 2 is 1.40 bits per heavy atom. The summed E-state index contributed by atoms with van der Waals surface area (Å²) in [6.07, 6.45) is -18.6. The van der Waals surface area contributed by atoms with Crippen LogP contribution in [-0.2, 0) is 10.2 Å². The molecule has 0 aromatic heterocycles. The van der Waals surface area contributed by atoms with Crippen molar-refractivity contribution in [2.75, 3.05) is 0 Å². The number of hydrogen-bond donors (Lipinski definition) is 0. The van der Waals surface area contributed by atoms with Gasteiger partial charge in [-0.05, 0) is 17.7 Å². The minimum Gasteiger partial charge on any atom is -0.410 e. The van der Waals surface area contributed by atoms with Crippen molar-refractivity contribution >= 4 is 15.9 Å². The van der Waals surface area contributed by atoms with Gasteiger partial charge in [0.2, 0.25) is 0 Å². The number of benzene rings is 1. The first-order chi connectivity index (χ1) is 13.5. The van der Waals surface area contributed by atoms with E-state index in [1.807, 2.05) is 0 Å². The summed E-state index contributed by atoms with van der Waals surface area (Å²) in [5.41, 5.74) is -12.1. The summed E-state index contributed by atoms with van der Waals surface area (Å²) < 4.78 is 138. The number of alkyl halides is 10. The summed E-state index contributed by atoms with van der Waals surface area (Å²) in [5, 5.41) is 9.15. The number of nitriles is 1. The molecule has 0 aliphatic heterocycles. The van der Waals surface area contributed by atoms with Crippen molar-refractivity contribution in [1.82, 2.24) is 0 Å². The van der Waals surface area contributed by atoms with Crippen molar-refractivity contribution in [2.45, 2.75) is 29.8 Å². The zero-order valence-electron chi connectivity index (χ0n) is 14.1. The van der Waals surface area contributed by atoms with E-state index in [1.165, 1.54) is 6.07 Å². The number of ether oxygens (including phenoxy) is 1. The highest BCUT2D eigenvalue weighted by atomic mass is 79.9. The molecule has 0 N–H and O–H groups in total. The predicted molar refractivity (Wildman–Crippen MR) is 85.3 cm³/mol. The zero-order chi connectivity index (χ0) is 23.2. The highest BCUT2D eigenvalue weighted by molar-refractivity contribution is 9.11. The third kappa shape index (κ3) is 4.01. The van der Waals surface area contributed by atoms with E-state index in [-0.39, 0.29) is 12.2 Å². The second-order valence-electron chi connectivity index (χ2n) is 5.95. The molecular weight excluding hydrogens is 504 g/mol. The molecule has 1 aromatic rings. The van der Waals surface area contributed by atoms with E-state index in [0.29, 0.717) is 12.5 Å². The fourth-order valence-corrected chi connectivity index (χ4v) is 3.59. The molecule has 0 saturated heterocycles. The van der Waals surface area contributed by atoms with Gasteiger partial charge in [-0.1, -0.05) is 40.2 Å². The zero-order valence-corrected chi connectivity index (χ0v) is 15.6. The Balaban J connectivity index is 3.04. The van der Waals surface area contributed by atoms with Crippen LogP contribution in [0.2, 0.25) is 0 Å². The molecular formula is C17H7BrF10NO. The molecule has 0 saturated carbocycles. The summed E-state index contributed by atoms with van der Waals surface area (Å²) in [6, 6.07) is 4.67. The lowest BCUT2D eigenvalue weighted by Crippen LogP contribution is -2.65. The fraction of sp³-hybridized carbons (Fsp3) is 0.294. The minimum atomic E-state index is -6.66. The van der Waals surface area contributed by atoms with Crippen molar-refractivity contribution in [3.63, 3.8) is 0 Å². The lowest BCUT2D eigenvalue weighted by Gasteiger charge is -2.45. The van der Waals surface area contributed by atoms with Gasteiger partial charge in [0.25, 0.3) is 0 Å². The third-order valence-electron chi connectivity index (χ3n) is 4.09. The smallest absolute Gasteiger partial charge is 0.410 e. The van der Waals surface area contributed by atoms with Crippen LogP contribution in [0.1, 0.15) is 11.1 Å². The summed E-state index contributed by atoms with van der Waals surface area (Å²) in [5.74, 6) is -1.54. The average Bonchev–Trinajstić information content (AvgIpc) is 2.56. The van der Waals surface area contributed by atoms with Crippen LogP contribution in [0.25, 0.3) is 0 Å². The van der Waals surface area contributed by atoms with Crippen molar-refractivity contribution < 1.29 is 48.6 Å². The predicted octanol–water partition coefficient (Wildman–Crippen LogP) is 6.55. The maximum absolute atomic E-state index is 15.3. The molecule has 0 spiro atoms. The number of nitrogens with zero attached hydrogens (tertiary/aromatic N) is 1. The maximum Gasteiger partial charge on any atom is 0.572 e. The number of allylic oxidation sites excluding steroid dienone is 3. The molecule has 2 rings (SSSR count). The average molecular weight is 511 g/mol. The topological polar surface area (TPSA) is 33.0 Å². The minimum absolute atomic E-state index is 0.0907. The van der Waals surface area contributed by atoms with Crippen molar-refractivity contribution in [3.8, 4) is 6.07 Å². The fourth-order valence-electron chi connectivity index (χ4n) is 3.01. The Kier molecular flexibility index (Phi) is 5.99. The molecule has 1 aliphatic carbocycles. The third-order valence-corrected chi connectivity index (χ3v) is 4.55. The van der Waals surface area contributed by atoms with E-state index in [4.69, 9.17) is 5.26 Å². The molecule has 1 aliphatic rings. The molecule has 163 valence electrons. The van der Waals surface area contributed by atoms with Crippen LogP contribution in [0.3, 0.4) is 0 Å². The summed E-state index contributed by atoms with van der Waals surface area (Å²) in [6.45, 7) is 0. The molecule has 0 heterocycles. The summed E-state index contributed by atoms with van der Waals surface area (Å²) >= 11 is 2.51. The number of rotatable bonds is 3. The monoisotopic (exact) mass is 510 g/mol. The van der Waals surface area contributed by atoms with Crippen molar-refractivity contribution in [2.24, 2.45) is 0 Å². The number of halogens is 11. The summed E-state index contributed by atoms with van der Waals surface area (Å²) in [7, 11) is 0. The van der Waals surface area contributed by atoms with Gasteiger partial charge in [-0.25, -0.2) is 4.39 Å². The van der Waals surface area contributed by atoms with Gasteiger partial charge in [-0.2, -0.15) is 31.6 Å². The largest absolute Gasteiger partial charge is 0.572 e. The standard InChI is InChI=1S/C17H7BrF10NO/c18-10-5-11(30-17(26,27)28)7-13(6-10,12-4-2-1-3-9(12)8-29)14(19,15(20,21)22)16(23,24)25/h1-7H. The Labute approximate surface area is 170 Å². The number of hydrogen-bond acceptors (Lipinski definition) is 2. The Hall–Kier alpha value is -2.23. The lowest BCUT2D eigenvalue weighted by molar-refractivity contribution is -0.354. The van der Waals surface area contributed by atoms with Crippen LogP contribution < -0.4 is 0 Å². The van der Waals surface area contributed by atoms with Gasteiger partial charge in [0.1, 0.15) is 5.76 Å². The molecule has 1 atom stereocenters. The van der Waals surface area contributed by atoms with Crippen LogP contribution in [0.5, 0.6) is 0 Å². The first-order valence-electron chi connectivity index (χ1n) is 7.52. The quantitative estimate of drug-likeness (QED) is 0.432. The van der Waals surface area contributed by atoms with Gasteiger partial charge in [-0.3, -0.25) is 0 Å². The van der Waals surface area contributed by atoms with Crippen LogP contribution in [0.4, 0.5) is 43.9 Å². The molecule has 30 heavy (non-hydrogen) atoms. The highest BCUT2D eigenvalue weighted by Crippen LogP contribution is 2.60. The second-order valence-corrected chi connectivity index (χ2v) is 6.86. The highest BCUT2D eigenvalue weighted by Gasteiger charge is 2.81. The molecule has 13 heteroatoms. The van der Waals surface area contributed by atoms with Gasteiger partial charge in [0.15, 0.2) is 0 Å². The van der Waals surface area contributed by atoms with Crippen LogP contribution in [0.15, 0.2) is 46.7 Å². The first kappa shape index (κ1) is 24.0. The van der Waals surface area contributed by atoms with E-state index in [1.54, 1.807) is 0 Å². The SMILES string of the molecule is N#Cc1ccccc1C1(C(F)(C(F)(F)F)C(F)(F)F)C=C(Br)[CH]C(OC(F)(F)F)=C1. The van der Waals surface area contributed by atoms with Gasteiger partial charge >= 0.3 is 24.4 Å². The molecule has 1 unspecified atom stereocenters. The molecule has 1 aromatic carbocycles. The van der Waals surface area contributed by atoms with Crippen LogP contribution >= 0.6 is 15.9 Å². The van der Waals surface area contributed by atoms with Crippen molar-refractivity contribution in [3.05, 3.63) is 64.2 Å². The summed E-state index contributed by atoms with van der Waals surface area (Å²) in [4.78, 5) is 0. The molecule has 0 amide bonds. The Bertz CT molecular complexity index is 908. The van der Waals surface area contributed by atoms with E-state index in [2.05, 4.69) is 20.7 Å². The van der Waals surface area contributed by atoms with E-state index < -0.39 is 51.2 Å². The van der Waals surface area contributed by atoms with E-state index >= 15 is 4.39 Å². The second kappa shape index (κ2) is 7.47. The lowest BCUT2D eigenvalue weighted by atomic mass is 9.64. The Morgan fingerprint density at radius 1 is 0.867 bits per heavy atom. The maximum atomic E-state index is 15.3. The molecule has 0 fully saturated rings. The van der Waals surface area contributed by atoms with Crippen molar-refractivity contribution in [1.29, 1.82) is 5.26 Å². The van der Waals surface area contributed by atoms with Crippen LogP contribution in [-0.4, -0.2) is 24.4 Å². The van der Waals surface area contributed by atoms with Gasteiger partial charge in [0.05, 0.1) is 23.5 Å². The van der Waals surface area contributed by atoms with E-state index in [9.17, 15) is 39.5 Å². The van der Waals surface area contributed by atoms with Gasteiger partial charge in [-0.15, -0.1) is 13.2 Å². The van der Waals surface area contributed by atoms with Crippen LogP contribution in [0, 0.1) is 17.8 Å².